The average Bonchev–Trinajstić information content (AvgIpc) is 3.46. The largest absolute Gasteiger partial charge is 0.472 e. The fraction of sp³-hybridized carbons (Fsp3) is 0.400. The third-order valence-corrected chi connectivity index (χ3v) is 7.98. The predicted octanol–water partition coefficient (Wildman–Crippen LogP) is -2.58. The molecule has 2 fully saturated rings. The van der Waals surface area contributed by atoms with E-state index in [1.165, 1.54) is 6.07 Å². The summed E-state index contributed by atoms with van der Waals surface area (Å²) in [5.74, 6) is -0.637. The van der Waals surface area contributed by atoms with Gasteiger partial charge in [0.15, 0.2) is 12.5 Å². The molecule has 4 heterocycles. The van der Waals surface area contributed by atoms with Gasteiger partial charge >= 0.3 is 19.2 Å². The van der Waals surface area contributed by atoms with Crippen molar-refractivity contribution in [2.75, 3.05) is 18.5 Å². The third-order valence-electron chi connectivity index (χ3n) is 6.99. The molecule has 5 rings (SSSR count). The molecule has 0 saturated carbocycles. The van der Waals surface area contributed by atoms with Crippen molar-refractivity contribution >= 4 is 19.5 Å². The molecule has 2 aromatic heterocycles. The zero-order chi connectivity index (χ0) is 32.5. The highest BCUT2D eigenvalue weighted by Gasteiger charge is 2.50. The van der Waals surface area contributed by atoms with Crippen molar-refractivity contribution in [1.29, 1.82) is 0 Å². The van der Waals surface area contributed by atoms with Crippen LogP contribution >= 0.6 is 7.82 Å². The number of aliphatic hydroxyl groups is 4. The number of carbonyl (C=O) groups excluding carboxylic acids is 1. The van der Waals surface area contributed by atoms with E-state index in [-0.39, 0.29) is 5.82 Å². The van der Waals surface area contributed by atoms with E-state index in [0.29, 0.717) is 5.56 Å². The highest BCUT2D eigenvalue weighted by atomic mass is 31.2. The maximum atomic E-state index is 12.8. The van der Waals surface area contributed by atoms with Crippen molar-refractivity contribution in [3.8, 4) is 0 Å². The molecule has 7 N–H and O–H groups in total. The molecule has 20 heteroatoms. The molecule has 3 aromatic rings. The first-order valence-corrected chi connectivity index (χ1v) is 14.8. The Morgan fingerprint density at radius 2 is 1.62 bits per heavy atom. The summed E-state index contributed by atoms with van der Waals surface area (Å²) in [7, 11) is -5.11. The monoisotopic (exact) mass is 653 g/mol. The average molecular weight is 653 g/mol. The molecule has 45 heavy (non-hydrogen) atoms. The van der Waals surface area contributed by atoms with Gasteiger partial charge in [-0.2, -0.15) is 4.98 Å². The molecular weight excluding hydrogens is 625 g/mol. The number of hydrogen-bond acceptors (Lipinski definition) is 14. The maximum Gasteiger partial charge on any atom is 0.472 e. The van der Waals surface area contributed by atoms with Gasteiger partial charge in [0.2, 0.25) is 0 Å². The number of phosphoric ester groups is 1. The van der Waals surface area contributed by atoms with E-state index in [0.717, 1.165) is 27.6 Å². The molecule has 2 saturated heterocycles. The topological polar surface area (TPSA) is 274 Å². The van der Waals surface area contributed by atoms with Crippen LogP contribution in [0, 0.1) is 0 Å². The number of benzene rings is 1. The molecule has 9 atom stereocenters. The number of H-pyrrole nitrogens is 1. The van der Waals surface area contributed by atoms with E-state index >= 15 is 0 Å². The number of aliphatic hydroxyl groups excluding tert-OH is 4. The number of amides is 1. The van der Waals surface area contributed by atoms with Gasteiger partial charge in [0.05, 0.1) is 13.2 Å². The standard InChI is InChI=1S/C25H28N5O14P/c31-10-13-20(19(35)23(42-13)29-8-6-15(27-24(29)37)26-21(36)12-4-2-1-3-5-12)44-45(39,40)41-11-14-17(33)18(34)22(43-14)30-9-7-16(32)28-25(30)38/h1-9,13-14,17-20,22-23,31,33-35H,10-11H2,(H,39,40)(H,28,32,38)(H,26,27,36,37)/t13-,14-,17-,18-,19-,20-,22-,23-/m1/s1. The van der Waals surface area contributed by atoms with Crippen LogP contribution in [0.25, 0.3) is 0 Å². The summed E-state index contributed by atoms with van der Waals surface area (Å²) in [4.78, 5) is 64.5. The molecule has 19 nitrogen and oxygen atoms in total. The molecule has 1 amide bonds. The van der Waals surface area contributed by atoms with Gasteiger partial charge in [-0.3, -0.25) is 32.8 Å². The van der Waals surface area contributed by atoms with Crippen molar-refractivity contribution in [3.05, 3.63) is 91.7 Å². The van der Waals surface area contributed by atoms with Gasteiger partial charge in [0, 0.05) is 24.0 Å². The summed E-state index contributed by atoms with van der Waals surface area (Å²) in [5.41, 5.74) is -2.33. The Labute approximate surface area is 251 Å². The second-order valence-electron chi connectivity index (χ2n) is 9.96. The van der Waals surface area contributed by atoms with E-state index in [1.54, 1.807) is 30.3 Å². The summed E-state index contributed by atoms with van der Waals surface area (Å²) in [6.07, 6.45) is -10.7. The van der Waals surface area contributed by atoms with Gasteiger partial charge in [0.25, 0.3) is 11.5 Å². The number of nitrogens with zero attached hydrogens (tertiary/aromatic N) is 3. The molecule has 0 bridgehead atoms. The second kappa shape index (κ2) is 13.2. The number of nitrogens with one attached hydrogen (secondary N) is 2. The summed E-state index contributed by atoms with van der Waals surface area (Å²) >= 11 is 0. The molecule has 1 unspecified atom stereocenters. The molecular formula is C25H28N5O14P. The first-order chi connectivity index (χ1) is 21.4. The summed E-state index contributed by atoms with van der Waals surface area (Å²) in [6, 6.07) is 10.4. The number of phosphoric acid groups is 1. The summed E-state index contributed by atoms with van der Waals surface area (Å²) in [5, 5.41) is 43.8. The van der Waals surface area contributed by atoms with Gasteiger partial charge in [-0.25, -0.2) is 14.2 Å². The van der Waals surface area contributed by atoms with Gasteiger partial charge in [-0.15, -0.1) is 0 Å². The Hall–Kier alpha value is -3.88. The molecule has 2 aliphatic heterocycles. The lowest BCUT2D eigenvalue weighted by atomic mass is 10.1. The Kier molecular flexibility index (Phi) is 9.56. The van der Waals surface area contributed by atoms with Crippen LogP contribution in [0.2, 0.25) is 0 Å². The zero-order valence-electron chi connectivity index (χ0n) is 22.9. The Morgan fingerprint density at radius 1 is 0.956 bits per heavy atom. The summed E-state index contributed by atoms with van der Waals surface area (Å²) < 4.78 is 35.3. The third kappa shape index (κ3) is 7.02. The van der Waals surface area contributed by atoms with Gasteiger partial charge < -0.3 is 40.1 Å². The van der Waals surface area contributed by atoms with Crippen LogP contribution in [-0.2, 0) is 23.1 Å². The highest BCUT2D eigenvalue weighted by Crippen LogP contribution is 2.49. The number of ether oxygens (including phenoxy) is 2. The lowest BCUT2D eigenvalue weighted by Gasteiger charge is -2.23. The number of hydrogen-bond donors (Lipinski definition) is 7. The van der Waals surface area contributed by atoms with Crippen LogP contribution in [0.5, 0.6) is 0 Å². The smallest absolute Gasteiger partial charge is 0.394 e. The van der Waals surface area contributed by atoms with Gasteiger partial charge in [-0.05, 0) is 18.2 Å². The maximum absolute atomic E-state index is 12.8. The molecule has 0 radical (unpaired) electrons. The van der Waals surface area contributed by atoms with Crippen LogP contribution in [0.15, 0.2) is 69.2 Å². The van der Waals surface area contributed by atoms with E-state index in [1.807, 2.05) is 4.98 Å². The molecule has 0 spiro atoms. The molecule has 1 aromatic carbocycles. The first-order valence-electron chi connectivity index (χ1n) is 13.3. The minimum absolute atomic E-state index is 0.105. The lowest BCUT2D eigenvalue weighted by Crippen LogP contribution is -2.38. The predicted molar refractivity (Wildman–Crippen MR) is 148 cm³/mol. The Balaban J connectivity index is 1.23. The number of anilines is 1. The highest BCUT2D eigenvalue weighted by molar-refractivity contribution is 7.47. The van der Waals surface area contributed by atoms with E-state index < -0.39 is 93.0 Å². The van der Waals surface area contributed by atoms with Gasteiger partial charge in [0.1, 0.15) is 42.4 Å². The van der Waals surface area contributed by atoms with Crippen molar-refractivity contribution in [2.24, 2.45) is 0 Å². The summed E-state index contributed by atoms with van der Waals surface area (Å²) in [6.45, 7) is -1.67. The van der Waals surface area contributed by atoms with Crippen molar-refractivity contribution in [2.45, 2.75) is 49.1 Å². The van der Waals surface area contributed by atoms with Crippen molar-refractivity contribution < 1.29 is 53.2 Å². The molecule has 242 valence electrons. The number of aromatic nitrogens is 4. The normalized spacial score (nSPS) is 29.4. The molecule has 0 aliphatic carbocycles. The SMILES string of the molecule is O=C(Nc1ccn([C@@H]2O[C@H](CO)[C@@H](OP(=O)(O)OC[C@H]3O[C@@H](n4ccc(=O)[nH]c4=O)[C@H](O)[C@@H]3O)[C@H]2O)c(=O)n1)c1ccccc1. The van der Waals surface area contributed by atoms with E-state index in [4.69, 9.17) is 18.5 Å². The quantitative estimate of drug-likeness (QED) is 0.111. The zero-order valence-corrected chi connectivity index (χ0v) is 23.8. The van der Waals surface area contributed by atoms with Crippen LogP contribution in [0.4, 0.5) is 5.82 Å². The minimum Gasteiger partial charge on any atom is -0.394 e. The first kappa shape index (κ1) is 32.5. The van der Waals surface area contributed by atoms with Gasteiger partial charge in [-0.1, -0.05) is 18.2 Å². The fourth-order valence-electron chi connectivity index (χ4n) is 4.76. The van der Waals surface area contributed by atoms with Crippen LogP contribution in [-0.4, -0.2) is 100 Å². The molecule has 2 aliphatic rings. The minimum atomic E-state index is -5.11. The van der Waals surface area contributed by atoms with Crippen LogP contribution in [0.1, 0.15) is 22.8 Å². The Bertz CT molecular complexity index is 1750. The number of carbonyl (C=O) groups is 1. The lowest BCUT2D eigenvalue weighted by molar-refractivity contribution is -0.0615. The van der Waals surface area contributed by atoms with Crippen LogP contribution < -0.4 is 22.3 Å². The number of aromatic amines is 1. The van der Waals surface area contributed by atoms with E-state index in [9.17, 15) is 49.1 Å². The fourth-order valence-corrected chi connectivity index (χ4v) is 5.72. The van der Waals surface area contributed by atoms with E-state index in [2.05, 4.69) is 10.3 Å². The Morgan fingerprint density at radius 3 is 2.29 bits per heavy atom. The van der Waals surface area contributed by atoms with Crippen LogP contribution in [0.3, 0.4) is 0 Å². The number of rotatable bonds is 10. The van der Waals surface area contributed by atoms with Crippen molar-refractivity contribution in [3.63, 3.8) is 0 Å². The second-order valence-corrected chi connectivity index (χ2v) is 11.4. The van der Waals surface area contributed by atoms with Crippen molar-refractivity contribution in [1.82, 2.24) is 19.1 Å².